The lowest BCUT2D eigenvalue weighted by Gasteiger charge is -2.23. The third kappa shape index (κ3) is 3.56. The predicted octanol–water partition coefficient (Wildman–Crippen LogP) is 0.789. The molecule has 0 atom stereocenters. The summed E-state index contributed by atoms with van der Waals surface area (Å²) in [7, 11) is -1.38. The van der Waals surface area contributed by atoms with E-state index in [2.05, 4.69) is 5.32 Å². The molecule has 0 bridgehead atoms. The van der Waals surface area contributed by atoms with E-state index in [0.29, 0.717) is 11.5 Å². The van der Waals surface area contributed by atoms with Gasteiger partial charge in [0.25, 0.3) is 0 Å². The molecule has 2 rings (SSSR count). The quantitative estimate of drug-likeness (QED) is 0.674. The van der Waals surface area contributed by atoms with E-state index in [-0.39, 0.29) is 0 Å². The lowest BCUT2D eigenvalue weighted by Crippen LogP contribution is -2.37. The van der Waals surface area contributed by atoms with Gasteiger partial charge in [0.05, 0.1) is 0 Å². The SMILES string of the molecule is OB(O)c1ccccc1CNC1CCCCC1. The maximum atomic E-state index is 9.27. The minimum Gasteiger partial charge on any atom is -0.423 e. The van der Waals surface area contributed by atoms with Gasteiger partial charge in [0, 0.05) is 12.6 Å². The average molecular weight is 233 g/mol. The summed E-state index contributed by atoms with van der Waals surface area (Å²) in [5.41, 5.74) is 1.59. The largest absolute Gasteiger partial charge is 0.488 e. The van der Waals surface area contributed by atoms with Crippen molar-refractivity contribution in [2.75, 3.05) is 0 Å². The third-order valence-electron chi connectivity index (χ3n) is 3.52. The molecule has 0 spiro atoms. The van der Waals surface area contributed by atoms with Crippen LogP contribution in [0.2, 0.25) is 0 Å². The zero-order valence-corrected chi connectivity index (χ0v) is 10.1. The molecular formula is C13H20BNO2. The van der Waals surface area contributed by atoms with Crippen molar-refractivity contribution in [2.45, 2.75) is 44.7 Å². The monoisotopic (exact) mass is 233 g/mol. The fourth-order valence-corrected chi connectivity index (χ4v) is 2.51. The van der Waals surface area contributed by atoms with Crippen molar-refractivity contribution >= 4 is 12.6 Å². The molecule has 0 unspecified atom stereocenters. The molecule has 1 aliphatic carbocycles. The molecule has 0 saturated heterocycles. The summed E-state index contributed by atoms with van der Waals surface area (Å²) in [5.74, 6) is 0. The first-order valence-electron chi connectivity index (χ1n) is 6.44. The van der Waals surface area contributed by atoms with Crippen molar-refractivity contribution in [2.24, 2.45) is 0 Å². The average Bonchev–Trinajstić information content (AvgIpc) is 2.38. The van der Waals surface area contributed by atoms with Crippen molar-refractivity contribution in [1.82, 2.24) is 5.32 Å². The van der Waals surface area contributed by atoms with Crippen molar-refractivity contribution < 1.29 is 10.0 Å². The summed E-state index contributed by atoms with van der Waals surface area (Å²) in [6.45, 7) is 0.721. The standard InChI is InChI=1S/C13H20BNO2/c16-14(17)13-9-5-4-6-11(13)10-15-12-7-2-1-3-8-12/h4-6,9,12,15-17H,1-3,7-8,10H2. The van der Waals surface area contributed by atoms with Crippen molar-refractivity contribution in [3.63, 3.8) is 0 Å². The van der Waals surface area contributed by atoms with E-state index in [1.165, 1.54) is 32.1 Å². The van der Waals surface area contributed by atoms with Crippen LogP contribution in [0, 0.1) is 0 Å². The Kier molecular flexibility index (Phi) is 4.60. The van der Waals surface area contributed by atoms with Crippen LogP contribution in [0.25, 0.3) is 0 Å². The molecule has 1 aliphatic rings. The van der Waals surface area contributed by atoms with Gasteiger partial charge in [-0.05, 0) is 23.9 Å². The van der Waals surface area contributed by atoms with Gasteiger partial charge in [0.15, 0.2) is 0 Å². The van der Waals surface area contributed by atoms with Gasteiger partial charge in [-0.1, -0.05) is 43.5 Å². The molecule has 92 valence electrons. The highest BCUT2D eigenvalue weighted by Gasteiger charge is 2.17. The van der Waals surface area contributed by atoms with Crippen LogP contribution in [0.5, 0.6) is 0 Å². The predicted molar refractivity (Wildman–Crippen MR) is 70.0 cm³/mol. The minimum atomic E-state index is -1.38. The smallest absolute Gasteiger partial charge is 0.423 e. The van der Waals surface area contributed by atoms with Gasteiger partial charge in [-0.2, -0.15) is 0 Å². The zero-order valence-electron chi connectivity index (χ0n) is 10.1. The fraction of sp³-hybridized carbons (Fsp3) is 0.538. The maximum absolute atomic E-state index is 9.27. The first kappa shape index (κ1) is 12.6. The van der Waals surface area contributed by atoms with Gasteiger partial charge < -0.3 is 15.4 Å². The van der Waals surface area contributed by atoms with E-state index in [1.807, 2.05) is 18.2 Å². The van der Waals surface area contributed by atoms with Gasteiger partial charge >= 0.3 is 7.12 Å². The summed E-state index contributed by atoms with van der Waals surface area (Å²) in [6.07, 6.45) is 6.45. The van der Waals surface area contributed by atoms with Gasteiger partial charge in [0.2, 0.25) is 0 Å². The van der Waals surface area contributed by atoms with Crippen molar-refractivity contribution in [3.05, 3.63) is 29.8 Å². The highest BCUT2D eigenvalue weighted by atomic mass is 16.4. The maximum Gasteiger partial charge on any atom is 0.488 e. The molecule has 0 amide bonds. The van der Waals surface area contributed by atoms with Crippen LogP contribution in [0.1, 0.15) is 37.7 Å². The Labute approximate surface area is 103 Å². The Morgan fingerprint density at radius 1 is 1.12 bits per heavy atom. The highest BCUT2D eigenvalue weighted by molar-refractivity contribution is 6.59. The van der Waals surface area contributed by atoms with Crippen LogP contribution in [0.4, 0.5) is 0 Å². The molecule has 0 heterocycles. The zero-order chi connectivity index (χ0) is 12.1. The summed E-state index contributed by atoms with van der Waals surface area (Å²) in [6, 6.07) is 8.07. The number of nitrogens with one attached hydrogen (secondary N) is 1. The van der Waals surface area contributed by atoms with Crippen molar-refractivity contribution in [1.29, 1.82) is 0 Å². The summed E-state index contributed by atoms with van der Waals surface area (Å²) in [4.78, 5) is 0. The molecule has 1 aromatic carbocycles. The van der Waals surface area contributed by atoms with Crippen LogP contribution < -0.4 is 10.8 Å². The molecular weight excluding hydrogens is 213 g/mol. The Morgan fingerprint density at radius 3 is 2.53 bits per heavy atom. The summed E-state index contributed by atoms with van der Waals surface area (Å²) < 4.78 is 0. The van der Waals surface area contributed by atoms with Gasteiger partial charge in [0.1, 0.15) is 0 Å². The summed E-state index contributed by atoms with van der Waals surface area (Å²) >= 11 is 0. The molecule has 3 N–H and O–H groups in total. The van der Waals surface area contributed by atoms with E-state index < -0.39 is 7.12 Å². The molecule has 1 aromatic rings. The van der Waals surface area contributed by atoms with Gasteiger partial charge in [-0.15, -0.1) is 0 Å². The molecule has 0 aliphatic heterocycles. The molecule has 17 heavy (non-hydrogen) atoms. The Morgan fingerprint density at radius 2 is 1.82 bits per heavy atom. The van der Waals surface area contributed by atoms with Crippen LogP contribution in [0.3, 0.4) is 0 Å². The number of benzene rings is 1. The molecule has 0 radical (unpaired) electrons. The number of hydrogen-bond donors (Lipinski definition) is 3. The molecule has 1 fully saturated rings. The number of hydrogen-bond acceptors (Lipinski definition) is 3. The first-order chi connectivity index (χ1) is 8.27. The lowest BCUT2D eigenvalue weighted by molar-refractivity contribution is 0.372. The summed E-state index contributed by atoms with van der Waals surface area (Å²) in [5, 5.41) is 22.0. The third-order valence-corrected chi connectivity index (χ3v) is 3.52. The molecule has 1 saturated carbocycles. The van der Waals surface area contributed by atoms with E-state index >= 15 is 0 Å². The Bertz CT molecular complexity index is 351. The topological polar surface area (TPSA) is 52.5 Å². The second-order valence-corrected chi connectivity index (χ2v) is 4.79. The second kappa shape index (κ2) is 6.19. The number of rotatable bonds is 4. The van der Waals surface area contributed by atoms with Crippen LogP contribution in [0.15, 0.2) is 24.3 Å². The highest BCUT2D eigenvalue weighted by Crippen LogP contribution is 2.17. The fourth-order valence-electron chi connectivity index (χ4n) is 2.51. The van der Waals surface area contributed by atoms with Gasteiger partial charge in [-0.3, -0.25) is 0 Å². The van der Waals surface area contributed by atoms with Crippen molar-refractivity contribution in [3.8, 4) is 0 Å². The van der Waals surface area contributed by atoms with E-state index in [1.54, 1.807) is 6.07 Å². The van der Waals surface area contributed by atoms with Crippen LogP contribution >= 0.6 is 0 Å². The second-order valence-electron chi connectivity index (χ2n) is 4.79. The normalized spacial score (nSPS) is 17.1. The van der Waals surface area contributed by atoms with Gasteiger partial charge in [-0.25, -0.2) is 0 Å². The van der Waals surface area contributed by atoms with E-state index in [9.17, 15) is 10.0 Å². The molecule has 4 heteroatoms. The minimum absolute atomic E-state index is 0.590. The molecule has 3 nitrogen and oxygen atoms in total. The van der Waals surface area contributed by atoms with E-state index in [0.717, 1.165) is 12.1 Å². The lowest BCUT2D eigenvalue weighted by atomic mass is 9.77. The van der Waals surface area contributed by atoms with Crippen LogP contribution in [-0.2, 0) is 6.54 Å². The van der Waals surface area contributed by atoms with E-state index in [4.69, 9.17) is 0 Å². The van der Waals surface area contributed by atoms with Crippen LogP contribution in [-0.4, -0.2) is 23.2 Å². The first-order valence-corrected chi connectivity index (χ1v) is 6.44. The molecule has 0 aromatic heterocycles. The Hall–Kier alpha value is -0.835. The Balaban J connectivity index is 1.93.